The molecule has 0 unspecified atom stereocenters. The second-order valence-electron chi connectivity index (χ2n) is 6.71. The van der Waals surface area contributed by atoms with Gasteiger partial charge in [-0.1, -0.05) is 6.07 Å². The first kappa shape index (κ1) is 15.2. The topological polar surface area (TPSA) is 63.1 Å². The molecule has 2 aliphatic heterocycles. The van der Waals surface area contributed by atoms with Gasteiger partial charge in [0.1, 0.15) is 11.6 Å². The number of fused-ring (bicyclic) bond motifs is 1. The summed E-state index contributed by atoms with van der Waals surface area (Å²) in [6, 6.07) is 6.15. The van der Waals surface area contributed by atoms with Crippen LogP contribution in [0.3, 0.4) is 0 Å². The summed E-state index contributed by atoms with van der Waals surface area (Å²) in [5.41, 5.74) is 0. The van der Waals surface area contributed by atoms with E-state index in [0.29, 0.717) is 0 Å². The highest BCUT2D eigenvalue weighted by Crippen LogP contribution is 2.22. The number of hydrogen-bond donors (Lipinski definition) is 1. The van der Waals surface area contributed by atoms with Gasteiger partial charge in [-0.3, -0.25) is 4.79 Å². The molecule has 4 heterocycles. The Morgan fingerprint density at radius 1 is 1.17 bits per heavy atom. The van der Waals surface area contributed by atoms with E-state index in [1.165, 1.54) is 0 Å². The Morgan fingerprint density at radius 2 is 2.12 bits per heavy atom. The Labute approximate surface area is 141 Å². The molecule has 2 atom stereocenters. The van der Waals surface area contributed by atoms with Crippen molar-refractivity contribution in [3.8, 4) is 0 Å². The molecule has 0 bridgehead atoms. The van der Waals surface area contributed by atoms with E-state index in [4.69, 9.17) is 0 Å². The van der Waals surface area contributed by atoms with Gasteiger partial charge in [-0.2, -0.15) is 0 Å². The lowest BCUT2D eigenvalue weighted by Crippen LogP contribution is -2.48. The molecule has 0 radical (unpaired) electrons. The molecule has 0 aromatic carbocycles. The van der Waals surface area contributed by atoms with Crippen LogP contribution in [0.1, 0.15) is 25.1 Å². The summed E-state index contributed by atoms with van der Waals surface area (Å²) in [6.07, 6.45) is 9.54. The van der Waals surface area contributed by atoms with Gasteiger partial charge in [0.2, 0.25) is 5.91 Å². The molecule has 2 aromatic heterocycles. The van der Waals surface area contributed by atoms with Crippen molar-refractivity contribution in [1.29, 1.82) is 0 Å². The number of aryl methyl sites for hydroxylation is 1. The summed E-state index contributed by atoms with van der Waals surface area (Å²) >= 11 is 0. The van der Waals surface area contributed by atoms with E-state index in [0.717, 1.165) is 57.0 Å². The van der Waals surface area contributed by atoms with Gasteiger partial charge in [0.05, 0.1) is 5.92 Å². The molecule has 24 heavy (non-hydrogen) atoms. The van der Waals surface area contributed by atoms with E-state index < -0.39 is 0 Å². The summed E-state index contributed by atoms with van der Waals surface area (Å²) < 4.78 is 2.15. The molecule has 1 N–H and O–H groups in total. The third-order valence-corrected chi connectivity index (χ3v) is 5.05. The molecule has 126 valence electrons. The van der Waals surface area contributed by atoms with Crippen molar-refractivity contribution >= 4 is 11.7 Å². The van der Waals surface area contributed by atoms with Crippen molar-refractivity contribution < 1.29 is 4.79 Å². The number of pyridine rings is 1. The first-order valence-corrected chi connectivity index (χ1v) is 8.76. The lowest BCUT2D eigenvalue weighted by atomic mass is 9.96. The Balaban J connectivity index is 1.36. The number of aromatic nitrogens is 3. The van der Waals surface area contributed by atoms with Crippen LogP contribution in [0.25, 0.3) is 0 Å². The second kappa shape index (κ2) is 6.63. The van der Waals surface area contributed by atoms with Crippen LogP contribution in [-0.4, -0.2) is 39.6 Å². The fourth-order valence-electron chi connectivity index (χ4n) is 3.74. The fourth-order valence-corrected chi connectivity index (χ4v) is 3.74. The van der Waals surface area contributed by atoms with Crippen LogP contribution in [0.2, 0.25) is 0 Å². The highest BCUT2D eigenvalue weighted by atomic mass is 16.2. The van der Waals surface area contributed by atoms with Crippen molar-refractivity contribution in [3.63, 3.8) is 0 Å². The zero-order valence-electron chi connectivity index (χ0n) is 13.8. The lowest BCUT2D eigenvalue weighted by molar-refractivity contribution is -0.126. The van der Waals surface area contributed by atoms with Crippen LogP contribution in [0.15, 0.2) is 36.8 Å². The molecule has 0 saturated carbocycles. The van der Waals surface area contributed by atoms with E-state index in [2.05, 4.69) is 24.8 Å². The van der Waals surface area contributed by atoms with E-state index in [1.54, 1.807) is 0 Å². The van der Waals surface area contributed by atoms with Gasteiger partial charge in [-0.05, 0) is 31.4 Å². The van der Waals surface area contributed by atoms with Gasteiger partial charge in [0.15, 0.2) is 0 Å². The number of carbonyl (C=O) groups is 1. The number of piperidine rings is 1. The molecular weight excluding hydrogens is 302 g/mol. The maximum atomic E-state index is 12.7. The second-order valence-corrected chi connectivity index (χ2v) is 6.71. The van der Waals surface area contributed by atoms with Gasteiger partial charge in [-0.25, -0.2) is 9.97 Å². The Kier molecular flexibility index (Phi) is 4.19. The van der Waals surface area contributed by atoms with Gasteiger partial charge >= 0.3 is 0 Å². The maximum Gasteiger partial charge on any atom is 0.225 e. The van der Waals surface area contributed by atoms with Crippen LogP contribution in [-0.2, 0) is 17.8 Å². The number of amides is 1. The minimum absolute atomic E-state index is 0.0462. The standard InChI is InChI=1S/C18H23N5O/c24-18(21-15-6-7-17-20-9-11-23(17)13-15)14-4-3-10-22(12-14)16-5-1-2-8-19-16/h1-2,5,8-9,11,14-15H,3-4,6-7,10,12-13H2,(H,21,24)/t14-,15+/m0/s1. The molecule has 0 spiro atoms. The third-order valence-electron chi connectivity index (χ3n) is 5.05. The van der Waals surface area contributed by atoms with Crippen LogP contribution < -0.4 is 10.2 Å². The minimum atomic E-state index is 0.0462. The number of imidazole rings is 1. The monoisotopic (exact) mass is 325 g/mol. The number of hydrogen-bond acceptors (Lipinski definition) is 4. The highest BCUT2D eigenvalue weighted by molar-refractivity contribution is 5.79. The summed E-state index contributed by atoms with van der Waals surface area (Å²) in [7, 11) is 0. The Morgan fingerprint density at radius 3 is 3.00 bits per heavy atom. The maximum absolute atomic E-state index is 12.7. The normalized spacial score (nSPS) is 23.6. The Hall–Kier alpha value is -2.37. The minimum Gasteiger partial charge on any atom is -0.356 e. The molecule has 2 aliphatic rings. The van der Waals surface area contributed by atoms with Crippen LogP contribution in [0, 0.1) is 5.92 Å². The van der Waals surface area contributed by atoms with Crippen LogP contribution in [0.5, 0.6) is 0 Å². The summed E-state index contributed by atoms with van der Waals surface area (Å²) in [5.74, 6) is 2.32. The number of nitrogens with one attached hydrogen (secondary N) is 1. The van der Waals surface area contributed by atoms with Gasteiger partial charge < -0.3 is 14.8 Å². The van der Waals surface area contributed by atoms with Crippen molar-refractivity contribution in [2.24, 2.45) is 5.92 Å². The quantitative estimate of drug-likeness (QED) is 0.931. The van der Waals surface area contributed by atoms with Crippen molar-refractivity contribution in [1.82, 2.24) is 19.9 Å². The fraction of sp³-hybridized carbons (Fsp3) is 0.500. The van der Waals surface area contributed by atoms with E-state index in [-0.39, 0.29) is 17.9 Å². The average molecular weight is 325 g/mol. The molecule has 6 heteroatoms. The number of anilines is 1. The number of rotatable bonds is 3. The highest BCUT2D eigenvalue weighted by Gasteiger charge is 2.29. The molecule has 0 aliphatic carbocycles. The van der Waals surface area contributed by atoms with Gasteiger partial charge in [-0.15, -0.1) is 0 Å². The predicted molar refractivity (Wildman–Crippen MR) is 91.7 cm³/mol. The van der Waals surface area contributed by atoms with E-state index >= 15 is 0 Å². The number of carbonyl (C=O) groups excluding carboxylic acids is 1. The summed E-state index contributed by atoms with van der Waals surface area (Å²) in [4.78, 5) is 23.7. The third kappa shape index (κ3) is 3.13. The lowest BCUT2D eigenvalue weighted by Gasteiger charge is -2.34. The summed E-state index contributed by atoms with van der Waals surface area (Å²) in [6.45, 7) is 2.56. The molecule has 4 rings (SSSR count). The van der Waals surface area contributed by atoms with E-state index in [1.807, 2.05) is 36.8 Å². The predicted octanol–water partition coefficient (Wildman–Crippen LogP) is 1.63. The zero-order valence-corrected chi connectivity index (χ0v) is 13.8. The molecule has 6 nitrogen and oxygen atoms in total. The van der Waals surface area contributed by atoms with Crippen molar-refractivity contribution in [2.45, 2.75) is 38.3 Å². The molecule has 1 saturated heterocycles. The van der Waals surface area contributed by atoms with Gasteiger partial charge in [0, 0.05) is 50.7 Å². The molecule has 2 aromatic rings. The van der Waals surface area contributed by atoms with Crippen LogP contribution >= 0.6 is 0 Å². The smallest absolute Gasteiger partial charge is 0.225 e. The SMILES string of the molecule is O=C(N[C@@H]1CCc2nccn2C1)[C@H]1CCCN(c2ccccn2)C1. The Bertz CT molecular complexity index is 698. The van der Waals surface area contributed by atoms with Crippen molar-refractivity contribution in [3.05, 3.63) is 42.6 Å². The molecule has 1 amide bonds. The first-order valence-electron chi connectivity index (χ1n) is 8.76. The zero-order chi connectivity index (χ0) is 16.4. The largest absolute Gasteiger partial charge is 0.356 e. The van der Waals surface area contributed by atoms with E-state index in [9.17, 15) is 4.79 Å². The number of nitrogens with zero attached hydrogens (tertiary/aromatic N) is 4. The molecule has 1 fully saturated rings. The van der Waals surface area contributed by atoms with Crippen molar-refractivity contribution in [2.75, 3.05) is 18.0 Å². The summed E-state index contributed by atoms with van der Waals surface area (Å²) in [5, 5.41) is 3.26. The van der Waals surface area contributed by atoms with Gasteiger partial charge in [0.25, 0.3) is 0 Å². The molecular formula is C18H23N5O. The first-order chi connectivity index (χ1) is 11.8. The average Bonchev–Trinajstić information content (AvgIpc) is 3.10. The van der Waals surface area contributed by atoms with Crippen LogP contribution in [0.4, 0.5) is 5.82 Å².